The van der Waals surface area contributed by atoms with Gasteiger partial charge in [0.15, 0.2) is 11.5 Å². The van der Waals surface area contributed by atoms with Gasteiger partial charge in [0.2, 0.25) is 5.91 Å². The number of halogens is 1. The fourth-order valence-corrected chi connectivity index (χ4v) is 2.42. The number of amides is 1. The van der Waals surface area contributed by atoms with Gasteiger partial charge in [-0.25, -0.2) is 0 Å². The fraction of sp³-hybridized carbons (Fsp3) is 0.562. The third-order valence-corrected chi connectivity index (χ3v) is 3.52. The zero-order valence-electron chi connectivity index (χ0n) is 13.0. The van der Waals surface area contributed by atoms with Gasteiger partial charge in [0.25, 0.3) is 0 Å². The molecule has 124 valence electrons. The minimum Gasteiger partial charge on any atom is -0.490 e. The Morgan fingerprint density at radius 3 is 2.59 bits per heavy atom. The van der Waals surface area contributed by atoms with Crippen molar-refractivity contribution in [3.63, 3.8) is 0 Å². The standard InChI is InChI=1S/C16H24N2O3.ClH/c1-2-20-14-6-3-4-7-15(14)21-11-5-8-16(19)18-10-9-13(17)12-18;/h3-4,6-7,13H,2,5,8-12,17H2,1H3;1H/t13-;/m1./s1. The van der Waals surface area contributed by atoms with Gasteiger partial charge >= 0.3 is 0 Å². The van der Waals surface area contributed by atoms with Gasteiger partial charge in [-0.05, 0) is 31.9 Å². The average molecular weight is 329 g/mol. The quantitative estimate of drug-likeness (QED) is 0.779. The van der Waals surface area contributed by atoms with Crippen LogP contribution in [0.25, 0.3) is 0 Å². The lowest BCUT2D eigenvalue weighted by molar-refractivity contribution is -0.130. The highest BCUT2D eigenvalue weighted by Crippen LogP contribution is 2.26. The Kier molecular flexibility index (Phi) is 8.06. The molecule has 2 N–H and O–H groups in total. The third-order valence-electron chi connectivity index (χ3n) is 3.52. The van der Waals surface area contributed by atoms with E-state index in [0.29, 0.717) is 32.6 Å². The molecule has 6 heteroatoms. The molecule has 1 aromatic carbocycles. The van der Waals surface area contributed by atoms with Crippen molar-refractivity contribution in [2.45, 2.75) is 32.2 Å². The minimum absolute atomic E-state index is 0. The number of likely N-dealkylation sites (tertiary alicyclic amines) is 1. The lowest BCUT2D eigenvalue weighted by Crippen LogP contribution is -2.31. The number of nitrogens with two attached hydrogens (primary N) is 1. The molecule has 0 unspecified atom stereocenters. The Labute approximate surface area is 138 Å². The van der Waals surface area contributed by atoms with Crippen LogP contribution in [0.1, 0.15) is 26.2 Å². The summed E-state index contributed by atoms with van der Waals surface area (Å²) in [6.07, 6.45) is 2.11. The normalized spacial score (nSPS) is 17.0. The molecule has 1 amide bonds. The third kappa shape index (κ3) is 5.39. The number of ether oxygens (including phenoxy) is 2. The van der Waals surface area contributed by atoms with Gasteiger partial charge < -0.3 is 20.1 Å². The molecule has 2 rings (SSSR count). The van der Waals surface area contributed by atoms with Crippen molar-refractivity contribution < 1.29 is 14.3 Å². The van der Waals surface area contributed by atoms with Crippen molar-refractivity contribution in [1.82, 2.24) is 4.90 Å². The summed E-state index contributed by atoms with van der Waals surface area (Å²) in [6.45, 7) is 4.53. The van der Waals surface area contributed by atoms with Gasteiger partial charge in [-0.3, -0.25) is 4.79 Å². The van der Waals surface area contributed by atoms with Crippen LogP contribution in [0.5, 0.6) is 11.5 Å². The Bertz CT molecular complexity index is 470. The SMILES string of the molecule is CCOc1ccccc1OCCCC(=O)N1CC[C@@H](N)C1.Cl. The predicted octanol–water partition coefficient (Wildman–Crippen LogP) is 2.23. The first-order valence-corrected chi connectivity index (χ1v) is 7.58. The maximum Gasteiger partial charge on any atom is 0.222 e. The summed E-state index contributed by atoms with van der Waals surface area (Å²) in [6, 6.07) is 7.73. The second-order valence-corrected chi connectivity index (χ2v) is 5.22. The van der Waals surface area contributed by atoms with Crippen LogP contribution in [0.4, 0.5) is 0 Å². The first kappa shape index (κ1) is 18.6. The lowest BCUT2D eigenvalue weighted by atomic mass is 10.3. The number of nitrogens with zero attached hydrogens (tertiary/aromatic N) is 1. The first-order valence-electron chi connectivity index (χ1n) is 7.58. The van der Waals surface area contributed by atoms with E-state index in [1.807, 2.05) is 36.1 Å². The van der Waals surface area contributed by atoms with E-state index >= 15 is 0 Å². The number of carbonyl (C=O) groups excluding carboxylic acids is 1. The molecule has 1 atom stereocenters. The number of hydrogen-bond acceptors (Lipinski definition) is 4. The molecule has 0 aromatic heterocycles. The average Bonchev–Trinajstić information content (AvgIpc) is 2.92. The van der Waals surface area contributed by atoms with Crippen molar-refractivity contribution in [3.8, 4) is 11.5 Å². The molecular weight excluding hydrogens is 304 g/mol. The van der Waals surface area contributed by atoms with E-state index in [1.54, 1.807) is 0 Å². The Balaban J connectivity index is 0.00000242. The van der Waals surface area contributed by atoms with Crippen molar-refractivity contribution in [2.24, 2.45) is 5.73 Å². The molecule has 1 aliphatic heterocycles. The number of para-hydroxylation sites is 2. The van der Waals surface area contributed by atoms with E-state index in [1.165, 1.54) is 0 Å². The van der Waals surface area contributed by atoms with Crippen molar-refractivity contribution >= 4 is 18.3 Å². The highest BCUT2D eigenvalue weighted by molar-refractivity contribution is 5.85. The summed E-state index contributed by atoms with van der Waals surface area (Å²) >= 11 is 0. The Morgan fingerprint density at radius 2 is 2.00 bits per heavy atom. The van der Waals surface area contributed by atoms with Crippen LogP contribution < -0.4 is 15.2 Å². The smallest absolute Gasteiger partial charge is 0.222 e. The maximum atomic E-state index is 12.0. The fourth-order valence-electron chi connectivity index (χ4n) is 2.42. The zero-order chi connectivity index (χ0) is 15.1. The molecule has 1 fully saturated rings. The molecule has 1 aromatic rings. The summed E-state index contributed by atoms with van der Waals surface area (Å²) in [7, 11) is 0. The Hall–Kier alpha value is -1.46. The van der Waals surface area contributed by atoms with E-state index in [4.69, 9.17) is 15.2 Å². The van der Waals surface area contributed by atoms with Gasteiger partial charge in [-0.2, -0.15) is 0 Å². The lowest BCUT2D eigenvalue weighted by Gasteiger charge is -2.16. The van der Waals surface area contributed by atoms with Crippen LogP contribution in [-0.4, -0.2) is 43.2 Å². The number of benzene rings is 1. The van der Waals surface area contributed by atoms with E-state index in [0.717, 1.165) is 24.5 Å². The van der Waals surface area contributed by atoms with Gasteiger partial charge in [0, 0.05) is 25.6 Å². The minimum atomic E-state index is 0. The van der Waals surface area contributed by atoms with E-state index in [2.05, 4.69) is 0 Å². The second kappa shape index (κ2) is 9.54. The highest BCUT2D eigenvalue weighted by atomic mass is 35.5. The molecule has 22 heavy (non-hydrogen) atoms. The molecule has 1 aliphatic rings. The predicted molar refractivity (Wildman–Crippen MR) is 88.8 cm³/mol. The summed E-state index contributed by atoms with van der Waals surface area (Å²) in [5.74, 6) is 1.65. The Morgan fingerprint density at radius 1 is 1.32 bits per heavy atom. The summed E-state index contributed by atoms with van der Waals surface area (Å²) in [5.41, 5.74) is 5.81. The molecule has 0 radical (unpaired) electrons. The number of rotatable bonds is 7. The van der Waals surface area contributed by atoms with Crippen molar-refractivity contribution in [2.75, 3.05) is 26.3 Å². The van der Waals surface area contributed by atoms with E-state index < -0.39 is 0 Å². The van der Waals surface area contributed by atoms with Crippen LogP contribution in [0.3, 0.4) is 0 Å². The van der Waals surface area contributed by atoms with Gasteiger partial charge in [-0.15, -0.1) is 12.4 Å². The summed E-state index contributed by atoms with van der Waals surface area (Å²) in [4.78, 5) is 13.8. The van der Waals surface area contributed by atoms with Crippen molar-refractivity contribution in [1.29, 1.82) is 0 Å². The molecule has 1 heterocycles. The molecule has 1 saturated heterocycles. The molecule has 0 aliphatic carbocycles. The molecule has 0 bridgehead atoms. The van der Waals surface area contributed by atoms with E-state index in [-0.39, 0.29) is 24.4 Å². The maximum absolute atomic E-state index is 12.0. The van der Waals surface area contributed by atoms with Crippen LogP contribution in [0.2, 0.25) is 0 Å². The zero-order valence-corrected chi connectivity index (χ0v) is 13.8. The molecule has 0 spiro atoms. The van der Waals surface area contributed by atoms with Gasteiger partial charge in [0.1, 0.15) is 0 Å². The van der Waals surface area contributed by atoms with Crippen LogP contribution in [0.15, 0.2) is 24.3 Å². The van der Waals surface area contributed by atoms with E-state index in [9.17, 15) is 4.79 Å². The highest BCUT2D eigenvalue weighted by Gasteiger charge is 2.22. The van der Waals surface area contributed by atoms with Crippen LogP contribution in [-0.2, 0) is 4.79 Å². The molecule has 5 nitrogen and oxygen atoms in total. The molecular formula is C16H25ClN2O3. The van der Waals surface area contributed by atoms with Gasteiger partial charge in [0.05, 0.1) is 13.2 Å². The first-order chi connectivity index (χ1) is 10.2. The van der Waals surface area contributed by atoms with Crippen LogP contribution in [0, 0.1) is 0 Å². The van der Waals surface area contributed by atoms with Gasteiger partial charge in [-0.1, -0.05) is 12.1 Å². The number of hydrogen-bond donors (Lipinski definition) is 1. The van der Waals surface area contributed by atoms with Crippen molar-refractivity contribution in [3.05, 3.63) is 24.3 Å². The largest absolute Gasteiger partial charge is 0.490 e. The summed E-state index contributed by atoms with van der Waals surface area (Å²) < 4.78 is 11.2. The monoisotopic (exact) mass is 328 g/mol. The number of carbonyl (C=O) groups is 1. The van der Waals surface area contributed by atoms with Crippen LogP contribution >= 0.6 is 12.4 Å². The molecule has 0 saturated carbocycles. The topological polar surface area (TPSA) is 64.8 Å². The second-order valence-electron chi connectivity index (χ2n) is 5.22. The summed E-state index contributed by atoms with van der Waals surface area (Å²) in [5, 5.41) is 0.